The van der Waals surface area contributed by atoms with E-state index in [9.17, 15) is 4.79 Å². The Kier molecular flexibility index (Phi) is 4.14. The van der Waals surface area contributed by atoms with Crippen LogP contribution in [-0.2, 0) is 6.42 Å². The van der Waals surface area contributed by atoms with Crippen molar-refractivity contribution in [2.24, 2.45) is 0 Å². The van der Waals surface area contributed by atoms with E-state index in [1.807, 2.05) is 36.4 Å². The number of benzene rings is 2. The van der Waals surface area contributed by atoms with Gasteiger partial charge in [-0.3, -0.25) is 4.79 Å². The highest BCUT2D eigenvalue weighted by atomic mass is 35.5. The van der Waals surface area contributed by atoms with Crippen LogP contribution in [-0.4, -0.2) is 25.4 Å². The first-order chi connectivity index (χ1) is 13.6. The number of nitrogens with zero attached hydrogens (tertiary/aromatic N) is 4. The summed E-state index contributed by atoms with van der Waals surface area (Å²) in [6.07, 6.45) is 2.83. The number of aromatic nitrogens is 4. The second-order valence-electron chi connectivity index (χ2n) is 6.87. The van der Waals surface area contributed by atoms with E-state index >= 15 is 0 Å². The lowest BCUT2D eigenvalue weighted by molar-refractivity contribution is 0.0962. The zero-order valence-electron chi connectivity index (χ0n) is 14.6. The lowest BCUT2D eigenvalue weighted by Gasteiger charge is -2.23. The maximum absolute atomic E-state index is 12.8. The van der Waals surface area contributed by atoms with Gasteiger partial charge in [-0.05, 0) is 54.3 Å². The third-order valence-corrected chi connectivity index (χ3v) is 5.49. The second-order valence-corrected chi connectivity index (χ2v) is 7.74. The quantitative estimate of drug-likeness (QED) is 0.467. The maximum atomic E-state index is 12.8. The van der Waals surface area contributed by atoms with Gasteiger partial charge in [-0.2, -0.15) is 4.98 Å². The molecule has 1 aliphatic carbocycles. The molecule has 0 bridgehead atoms. The molecule has 0 saturated heterocycles. The first-order valence-corrected chi connectivity index (χ1v) is 9.63. The summed E-state index contributed by atoms with van der Waals surface area (Å²) in [5.41, 5.74) is 3.26. The molecule has 0 aliphatic heterocycles. The van der Waals surface area contributed by atoms with Gasteiger partial charge in [-0.15, -0.1) is 5.10 Å². The van der Waals surface area contributed by atoms with Crippen molar-refractivity contribution in [3.8, 4) is 11.4 Å². The van der Waals surface area contributed by atoms with Crippen LogP contribution in [0, 0.1) is 0 Å². The molecule has 0 radical (unpaired) electrons. The zero-order valence-corrected chi connectivity index (χ0v) is 16.2. The van der Waals surface area contributed by atoms with Crippen molar-refractivity contribution in [1.82, 2.24) is 19.6 Å². The summed E-state index contributed by atoms with van der Waals surface area (Å²) in [4.78, 5) is 21.9. The van der Waals surface area contributed by atoms with Gasteiger partial charge in [0.05, 0.1) is 11.3 Å². The molecule has 2 aromatic heterocycles. The van der Waals surface area contributed by atoms with Crippen LogP contribution in [0.1, 0.15) is 34.0 Å². The Bertz CT molecular complexity index is 1220. The van der Waals surface area contributed by atoms with Crippen LogP contribution in [0.2, 0.25) is 10.0 Å². The molecule has 5 nitrogen and oxygen atoms in total. The van der Waals surface area contributed by atoms with Crippen LogP contribution >= 0.6 is 23.2 Å². The van der Waals surface area contributed by atoms with Gasteiger partial charge < -0.3 is 0 Å². The van der Waals surface area contributed by atoms with Crippen molar-refractivity contribution in [2.75, 3.05) is 0 Å². The highest BCUT2D eigenvalue weighted by Gasteiger charge is 2.28. The second kappa shape index (κ2) is 6.69. The van der Waals surface area contributed by atoms with E-state index < -0.39 is 0 Å². The van der Waals surface area contributed by atoms with E-state index in [4.69, 9.17) is 23.2 Å². The van der Waals surface area contributed by atoms with Crippen LogP contribution < -0.4 is 0 Å². The van der Waals surface area contributed by atoms with Crippen LogP contribution in [0.15, 0.2) is 54.7 Å². The van der Waals surface area contributed by atoms with Crippen LogP contribution in [0.3, 0.4) is 0 Å². The molecule has 1 unspecified atom stereocenters. The van der Waals surface area contributed by atoms with E-state index in [-0.39, 0.29) is 11.7 Å². The number of hydrogen-bond donors (Lipinski definition) is 0. The predicted molar refractivity (Wildman–Crippen MR) is 108 cm³/mol. The molecule has 4 aromatic rings. The number of carbonyl (C=O) groups excluding carboxylic acids is 1. The summed E-state index contributed by atoms with van der Waals surface area (Å²) >= 11 is 12.1. The van der Waals surface area contributed by atoms with Gasteiger partial charge in [0, 0.05) is 28.2 Å². The molecule has 0 fully saturated rings. The van der Waals surface area contributed by atoms with E-state index in [2.05, 4.69) is 15.1 Å². The fraction of sp³-hybridized carbons (Fsp3) is 0.143. The Morgan fingerprint density at radius 2 is 1.79 bits per heavy atom. The van der Waals surface area contributed by atoms with Gasteiger partial charge in [-0.25, -0.2) is 9.50 Å². The SMILES string of the molecule is O=C1CC(c2cccc(Cl)c2)Cc2nc3nc(-c4ccc(Cl)cc4)nn3cc21. The number of carbonyl (C=O) groups is 1. The summed E-state index contributed by atoms with van der Waals surface area (Å²) < 4.78 is 1.57. The number of Topliss-reactive ketones (excluding diaryl/α,β-unsaturated/α-hetero) is 1. The molecule has 1 aliphatic rings. The van der Waals surface area contributed by atoms with Crippen molar-refractivity contribution in [3.05, 3.63) is 81.6 Å². The highest BCUT2D eigenvalue weighted by molar-refractivity contribution is 6.30. The third-order valence-electron chi connectivity index (χ3n) is 5.00. The van der Waals surface area contributed by atoms with E-state index in [0.717, 1.165) is 16.8 Å². The summed E-state index contributed by atoms with van der Waals surface area (Å²) in [6.45, 7) is 0. The summed E-state index contributed by atoms with van der Waals surface area (Å²) in [7, 11) is 0. The third kappa shape index (κ3) is 3.07. The van der Waals surface area contributed by atoms with Gasteiger partial charge in [0.2, 0.25) is 0 Å². The Morgan fingerprint density at radius 3 is 2.57 bits per heavy atom. The van der Waals surface area contributed by atoms with Crippen molar-refractivity contribution in [3.63, 3.8) is 0 Å². The molecule has 0 amide bonds. The molecule has 5 rings (SSSR count). The average Bonchev–Trinajstić information content (AvgIpc) is 3.10. The fourth-order valence-corrected chi connectivity index (χ4v) is 3.93. The molecule has 138 valence electrons. The molecule has 28 heavy (non-hydrogen) atoms. The number of hydrogen-bond acceptors (Lipinski definition) is 4. The fourth-order valence-electron chi connectivity index (χ4n) is 3.60. The van der Waals surface area contributed by atoms with Crippen LogP contribution in [0.4, 0.5) is 0 Å². The van der Waals surface area contributed by atoms with E-state index in [1.165, 1.54) is 0 Å². The van der Waals surface area contributed by atoms with Gasteiger partial charge in [0.1, 0.15) is 0 Å². The molecule has 7 heteroatoms. The summed E-state index contributed by atoms with van der Waals surface area (Å²) in [6, 6.07) is 15.0. The normalized spacial score (nSPS) is 16.4. The average molecular weight is 409 g/mol. The number of rotatable bonds is 2. The summed E-state index contributed by atoms with van der Waals surface area (Å²) in [5.74, 6) is 1.14. The monoisotopic (exact) mass is 408 g/mol. The van der Waals surface area contributed by atoms with Crippen LogP contribution in [0.25, 0.3) is 17.2 Å². The van der Waals surface area contributed by atoms with E-state index in [1.54, 1.807) is 22.8 Å². The van der Waals surface area contributed by atoms with Crippen molar-refractivity contribution in [1.29, 1.82) is 0 Å². The molecule has 2 aromatic carbocycles. The zero-order chi connectivity index (χ0) is 19.3. The molecule has 0 spiro atoms. The predicted octanol–water partition coefficient (Wildman–Crippen LogP) is 5.01. The minimum atomic E-state index is 0.0594. The lowest BCUT2D eigenvalue weighted by atomic mass is 9.82. The van der Waals surface area contributed by atoms with E-state index in [0.29, 0.717) is 40.1 Å². The number of fused-ring (bicyclic) bond motifs is 2. The standard InChI is InChI=1S/C21H14Cl2N4O/c22-15-6-4-12(5-7-15)20-25-21-24-18-9-14(13-2-1-3-16(23)8-13)10-19(28)17(18)11-27(21)26-20/h1-8,11,14H,9-10H2. The van der Waals surface area contributed by atoms with Gasteiger partial charge >= 0.3 is 0 Å². The minimum absolute atomic E-state index is 0.0594. The Balaban J connectivity index is 1.55. The van der Waals surface area contributed by atoms with Crippen molar-refractivity contribution in [2.45, 2.75) is 18.8 Å². The topological polar surface area (TPSA) is 60.2 Å². The van der Waals surface area contributed by atoms with Crippen molar-refractivity contribution < 1.29 is 4.79 Å². The Hall–Kier alpha value is -2.76. The largest absolute Gasteiger partial charge is 0.294 e. The number of halogens is 2. The molecular weight excluding hydrogens is 395 g/mol. The van der Waals surface area contributed by atoms with Gasteiger partial charge in [-0.1, -0.05) is 35.3 Å². The highest BCUT2D eigenvalue weighted by Crippen LogP contribution is 2.33. The molecule has 0 saturated carbocycles. The molecular formula is C21H14Cl2N4O. The van der Waals surface area contributed by atoms with Crippen molar-refractivity contribution >= 4 is 34.8 Å². The molecule has 0 N–H and O–H groups in total. The Morgan fingerprint density at radius 1 is 0.964 bits per heavy atom. The summed E-state index contributed by atoms with van der Waals surface area (Å²) in [5, 5.41) is 5.80. The first kappa shape index (κ1) is 17.3. The van der Waals surface area contributed by atoms with Gasteiger partial charge in [0.15, 0.2) is 11.6 Å². The van der Waals surface area contributed by atoms with Crippen LogP contribution in [0.5, 0.6) is 0 Å². The minimum Gasteiger partial charge on any atom is -0.294 e. The number of ketones is 1. The first-order valence-electron chi connectivity index (χ1n) is 8.88. The van der Waals surface area contributed by atoms with Gasteiger partial charge in [0.25, 0.3) is 5.78 Å². The molecule has 1 atom stereocenters. The molecule has 2 heterocycles. The smallest absolute Gasteiger partial charge is 0.252 e. The Labute approximate surface area is 171 Å². The maximum Gasteiger partial charge on any atom is 0.252 e. The lowest BCUT2D eigenvalue weighted by Crippen LogP contribution is -2.21.